The van der Waals surface area contributed by atoms with Crippen LogP contribution in [-0.4, -0.2) is 37.6 Å². The maximum absolute atomic E-state index is 10.9. The lowest BCUT2D eigenvalue weighted by molar-refractivity contribution is -0.145. The lowest BCUT2D eigenvalue weighted by Crippen LogP contribution is -2.31. The number of cyclic esters (lactones) is 1. The molecule has 1 fully saturated rings. The maximum Gasteiger partial charge on any atom is 0.305 e. The Morgan fingerprint density at radius 2 is 2.17 bits per heavy atom. The normalized spacial score (nSPS) is 26.2. The van der Waals surface area contributed by atoms with E-state index in [9.17, 15) is 4.79 Å². The molecule has 0 bridgehead atoms. The molecule has 3 nitrogen and oxygen atoms in total. The van der Waals surface area contributed by atoms with Crippen molar-refractivity contribution in [3.8, 4) is 0 Å². The first-order valence-corrected chi connectivity index (χ1v) is 4.52. The molecule has 0 radical (unpaired) electrons. The van der Waals surface area contributed by atoms with Gasteiger partial charge in [0.15, 0.2) is 0 Å². The highest BCUT2D eigenvalue weighted by molar-refractivity contribution is 5.69. The molecule has 0 aliphatic carbocycles. The summed E-state index contributed by atoms with van der Waals surface area (Å²) in [6, 6.07) is 0.582. The van der Waals surface area contributed by atoms with Crippen molar-refractivity contribution in [2.45, 2.75) is 31.7 Å². The molecule has 1 aliphatic heterocycles. The van der Waals surface area contributed by atoms with Gasteiger partial charge in [-0.05, 0) is 33.4 Å². The summed E-state index contributed by atoms with van der Waals surface area (Å²) in [5, 5.41) is 0. The van der Waals surface area contributed by atoms with Crippen LogP contribution in [0.4, 0.5) is 0 Å². The summed E-state index contributed by atoms with van der Waals surface area (Å²) in [7, 11) is 4.15. The SMILES string of the molecule is CN(C)C1CCCC(=O)OCC1. The van der Waals surface area contributed by atoms with Gasteiger partial charge in [0, 0.05) is 12.5 Å². The van der Waals surface area contributed by atoms with Gasteiger partial charge in [-0.25, -0.2) is 0 Å². The molecule has 0 aromatic carbocycles. The minimum absolute atomic E-state index is 0.0350. The molecule has 1 heterocycles. The zero-order valence-electron chi connectivity index (χ0n) is 7.88. The van der Waals surface area contributed by atoms with E-state index in [1.54, 1.807) is 0 Å². The van der Waals surface area contributed by atoms with Crippen LogP contribution < -0.4 is 0 Å². The predicted molar refractivity (Wildman–Crippen MR) is 46.9 cm³/mol. The van der Waals surface area contributed by atoms with Crippen LogP contribution in [0.1, 0.15) is 25.7 Å². The summed E-state index contributed by atoms with van der Waals surface area (Å²) < 4.78 is 5.00. The largest absolute Gasteiger partial charge is 0.466 e. The number of hydrogen-bond acceptors (Lipinski definition) is 3. The van der Waals surface area contributed by atoms with Crippen molar-refractivity contribution in [2.24, 2.45) is 0 Å². The van der Waals surface area contributed by atoms with Gasteiger partial charge in [0.25, 0.3) is 0 Å². The van der Waals surface area contributed by atoms with E-state index in [-0.39, 0.29) is 5.97 Å². The molecule has 1 atom stereocenters. The van der Waals surface area contributed by atoms with Crippen LogP contribution >= 0.6 is 0 Å². The van der Waals surface area contributed by atoms with Gasteiger partial charge >= 0.3 is 5.97 Å². The zero-order valence-corrected chi connectivity index (χ0v) is 7.88. The summed E-state index contributed by atoms with van der Waals surface area (Å²) >= 11 is 0. The predicted octanol–water partition coefficient (Wildman–Crippen LogP) is 1.03. The van der Waals surface area contributed by atoms with Crippen molar-refractivity contribution >= 4 is 5.97 Å². The van der Waals surface area contributed by atoms with Crippen LogP contribution in [0, 0.1) is 0 Å². The molecular weight excluding hydrogens is 154 g/mol. The molecule has 0 aromatic rings. The van der Waals surface area contributed by atoms with Crippen molar-refractivity contribution in [1.82, 2.24) is 4.90 Å². The second-order valence-corrected chi connectivity index (χ2v) is 3.52. The van der Waals surface area contributed by atoms with Crippen LogP contribution in [0.15, 0.2) is 0 Å². The van der Waals surface area contributed by atoms with Gasteiger partial charge in [0.2, 0.25) is 0 Å². The lowest BCUT2D eigenvalue weighted by atomic mass is 10.0. The second-order valence-electron chi connectivity index (χ2n) is 3.52. The molecule has 1 aliphatic rings. The van der Waals surface area contributed by atoms with Crippen LogP contribution in [-0.2, 0) is 9.53 Å². The average Bonchev–Trinajstić information content (AvgIpc) is 1.95. The number of carbonyl (C=O) groups excluding carboxylic acids is 1. The summed E-state index contributed by atoms with van der Waals surface area (Å²) in [5.74, 6) is -0.0350. The maximum atomic E-state index is 10.9. The molecule has 0 N–H and O–H groups in total. The van der Waals surface area contributed by atoms with E-state index in [4.69, 9.17) is 4.74 Å². The van der Waals surface area contributed by atoms with E-state index in [1.165, 1.54) is 0 Å². The van der Waals surface area contributed by atoms with Gasteiger partial charge < -0.3 is 9.64 Å². The highest BCUT2D eigenvalue weighted by Crippen LogP contribution is 2.13. The Balaban J connectivity index is 2.35. The molecule has 12 heavy (non-hydrogen) atoms. The number of nitrogens with zero attached hydrogens (tertiary/aromatic N) is 1. The summed E-state index contributed by atoms with van der Waals surface area (Å²) in [4.78, 5) is 13.1. The van der Waals surface area contributed by atoms with E-state index in [2.05, 4.69) is 19.0 Å². The molecule has 1 saturated heterocycles. The lowest BCUT2D eigenvalue weighted by Gasteiger charge is -2.25. The Kier molecular flexibility index (Phi) is 3.53. The monoisotopic (exact) mass is 171 g/mol. The average molecular weight is 171 g/mol. The highest BCUT2D eigenvalue weighted by Gasteiger charge is 2.16. The van der Waals surface area contributed by atoms with Crippen molar-refractivity contribution < 1.29 is 9.53 Å². The molecule has 0 saturated carbocycles. The van der Waals surface area contributed by atoms with E-state index < -0.39 is 0 Å². The van der Waals surface area contributed by atoms with E-state index in [0.29, 0.717) is 19.1 Å². The first-order valence-electron chi connectivity index (χ1n) is 4.52. The fourth-order valence-electron chi connectivity index (χ4n) is 1.52. The van der Waals surface area contributed by atoms with Gasteiger partial charge in [-0.1, -0.05) is 0 Å². The van der Waals surface area contributed by atoms with Crippen molar-refractivity contribution in [1.29, 1.82) is 0 Å². The molecule has 1 unspecified atom stereocenters. The minimum atomic E-state index is -0.0350. The Morgan fingerprint density at radius 3 is 2.83 bits per heavy atom. The fourth-order valence-corrected chi connectivity index (χ4v) is 1.52. The van der Waals surface area contributed by atoms with Crippen molar-refractivity contribution in [3.63, 3.8) is 0 Å². The molecule has 70 valence electrons. The quantitative estimate of drug-likeness (QED) is 0.552. The zero-order chi connectivity index (χ0) is 8.97. The van der Waals surface area contributed by atoms with Crippen LogP contribution in [0.5, 0.6) is 0 Å². The standard InChI is InChI=1S/C9H17NO2/c1-10(2)8-4-3-5-9(11)12-7-6-8/h8H,3-7H2,1-2H3. The summed E-state index contributed by atoms with van der Waals surface area (Å²) in [6.45, 7) is 0.585. The first-order chi connectivity index (χ1) is 5.70. The van der Waals surface area contributed by atoms with Crippen LogP contribution in [0.2, 0.25) is 0 Å². The van der Waals surface area contributed by atoms with Gasteiger partial charge in [-0.15, -0.1) is 0 Å². The summed E-state index contributed by atoms with van der Waals surface area (Å²) in [6.07, 6.45) is 3.63. The number of ether oxygens (including phenoxy) is 1. The van der Waals surface area contributed by atoms with E-state index in [0.717, 1.165) is 19.3 Å². The summed E-state index contributed by atoms with van der Waals surface area (Å²) in [5.41, 5.74) is 0. The third kappa shape index (κ3) is 2.81. The topological polar surface area (TPSA) is 29.5 Å². The Morgan fingerprint density at radius 1 is 1.42 bits per heavy atom. The third-order valence-electron chi connectivity index (χ3n) is 2.36. The van der Waals surface area contributed by atoms with Crippen molar-refractivity contribution in [3.05, 3.63) is 0 Å². The number of hydrogen-bond donors (Lipinski definition) is 0. The minimum Gasteiger partial charge on any atom is -0.466 e. The van der Waals surface area contributed by atoms with Gasteiger partial charge in [0.05, 0.1) is 6.61 Å². The highest BCUT2D eigenvalue weighted by atomic mass is 16.5. The molecular formula is C9H17NO2. The van der Waals surface area contributed by atoms with E-state index >= 15 is 0 Å². The third-order valence-corrected chi connectivity index (χ3v) is 2.36. The number of rotatable bonds is 1. The number of carbonyl (C=O) groups is 1. The first kappa shape index (κ1) is 9.52. The fraction of sp³-hybridized carbons (Fsp3) is 0.889. The Hall–Kier alpha value is -0.570. The van der Waals surface area contributed by atoms with Crippen LogP contribution in [0.3, 0.4) is 0 Å². The van der Waals surface area contributed by atoms with Crippen LogP contribution in [0.25, 0.3) is 0 Å². The number of esters is 1. The van der Waals surface area contributed by atoms with Crippen molar-refractivity contribution in [2.75, 3.05) is 20.7 Å². The second kappa shape index (κ2) is 4.45. The Bertz CT molecular complexity index is 145. The van der Waals surface area contributed by atoms with Gasteiger partial charge in [0.1, 0.15) is 0 Å². The molecule has 1 rings (SSSR count). The molecule has 0 aromatic heterocycles. The van der Waals surface area contributed by atoms with Gasteiger partial charge in [-0.3, -0.25) is 4.79 Å². The van der Waals surface area contributed by atoms with E-state index in [1.807, 2.05) is 0 Å². The molecule has 0 amide bonds. The molecule has 3 heteroatoms. The molecule has 0 spiro atoms. The smallest absolute Gasteiger partial charge is 0.305 e. The Labute approximate surface area is 73.7 Å². The van der Waals surface area contributed by atoms with Gasteiger partial charge in [-0.2, -0.15) is 0 Å².